The molecule has 2 aromatic carbocycles. The molecular formula is C14H8F2N2. The average Bonchev–Trinajstić information content (AvgIpc) is 2.41. The number of benzene rings is 2. The van der Waals surface area contributed by atoms with Crippen molar-refractivity contribution in [3.8, 4) is 12.1 Å². The molecule has 0 unspecified atom stereocenters. The number of nitriles is 2. The van der Waals surface area contributed by atoms with E-state index in [4.69, 9.17) is 10.5 Å². The fourth-order valence-electron chi connectivity index (χ4n) is 1.05. The summed E-state index contributed by atoms with van der Waals surface area (Å²) in [5.74, 6) is -0.622. The molecule has 88 valence electrons. The first-order valence-electron chi connectivity index (χ1n) is 4.97. The summed E-state index contributed by atoms with van der Waals surface area (Å²) in [7, 11) is 0. The lowest BCUT2D eigenvalue weighted by Gasteiger charge is -1.84. The summed E-state index contributed by atoms with van der Waals surface area (Å²) in [5.41, 5.74) is 0.966. The standard InChI is InChI=1S/2C7H4FN/c2*8-7-3-1-6(5-9)2-4-7/h2*1-4H. The number of nitrogens with zero attached hydrogens (tertiary/aromatic N) is 2. The van der Waals surface area contributed by atoms with Gasteiger partial charge in [-0.2, -0.15) is 10.5 Å². The van der Waals surface area contributed by atoms with Gasteiger partial charge in [0.2, 0.25) is 0 Å². The molecule has 0 saturated carbocycles. The summed E-state index contributed by atoms with van der Waals surface area (Å²) in [5, 5.41) is 16.5. The fraction of sp³-hybridized carbons (Fsp3) is 0. The number of halogens is 2. The van der Waals surface area contributed by atoms with E-state index in [0.717, 1.165) is 0 Å². The van der Waals surface area contributed by atoms with Crippen LogP contribution in [0.4, 0.5) is 8.78 Å². The van der Waals surface area contributed by atoms with E-state index in [1.165, 1.54) is 48.5 Å². The second-order valence-electron chi connectivity index (χ2n) is 3.24. The monoisotopic (exact) mass is 242 g/mol. The summed E-state index contributed by atoms with van der Waals surface area (Å²) < 4.78 is 24.2. The van der Waals surface area contributed by atoms with Gasteiger partial charge >= 0.3 is 0 Å². The van der Waals surface area contributed by atoms with Gasteiger partial charge in [0.15, 0.2) is 0 Å². The summed E-state index contributed by atoms with van der Waals surface area (Å²) in [6.07, 6.45) is 0. The van der Waals surface area contributed by atoms with E-state index in [1.54, 1.807) is 0 Å². The molecule has 0 heterocycles. The highest BCUT2D eigenvalue weighted by atomic mass is 19.1. The molecule has 0 bridgehead atoms. The lowest BCUT2D eigenvalue weighted by Crippen LogP contribution is -1.73. The quantitative estimate of drug-likeness (QED) is 0.710. The largest absolute Gasteiger partial charge is 0.207 e. The van der Waals surface area contributed by atoms with Crippen molar-refractivity contribution in [1.82, 2.24) is 0 Å². The Hall–Kier alpha value is -2.72. The third kappa shape index (κ3) is 4.42. The normalized spacial score (nSPS) is 8.44. The summed E-state index contributed by atoms with van der Waals surface area (Å²) >= 11 is 0. The molecular weight excluding hydrogens is 234 g/mol. The van der Waals surface area contributed by atoms with Crippen LogP contribution in [0.1, 0.15) is 11.1 Å². The summed E-state index contributed by atoms with van der Waals surface area (Å²) in [4.78, 5) is 0. The van der Waals surface area contributed by atoms with Gasteiger partial charge in [0.25, 0.3) is 0 Å². The van der Waals surface area contributed by atoms with Crippen LogP contribution in [-0.4, -0.2) is 0 Å². The maximum absolute atomic E-state index is 12.1. The molecule has 0 aliphatic heterocycles. The first kappa shape index (κ1) is 13.3. The maximum atomic E-state index is 12.1. The molecule has 2 aromatic rings. The van der Waals surface area contributed by atoms with Gasteiger partial charge in [-0.1, -0.05) is 0 Å². The molecule has 0 fully saturated rings. The van der Waals surface area contributed by atoms with E-state index in [2.05, 4.69) is 0 Å². The number of hydrogen-bond donors (Lipinski definition) is 0. The van der Waals surface area contributed by atoms with Gasteiger partial charge in [-0.3, -0.25) is 0 Å². The van der Waals surface area contributed by atoms with Crippen LogP contribution in [-0.2, 0) is 0 Å². The van der Waals surface area contributed by atoms with Crippen molar-refractivity contribution in [3.63, 3.8) is 0 Å². The average molecular weight is 242 g/mol. The van der Waals surface area contributed by atoms with Gasteiger partial charge in [0.05, 0.1) is 23.3 Å². The Morgan fingerprint density at radius 1 is 0.611 bits per heavy atom. The molecule has 2 rings (SSSR count). The van der Waals surface area contributed by atoms with E-state index >= 15 is 0 Å². The molecule has 0 atom stereocenters. The second-order valence-corrected chi connectivity index (χ2v) is 3.24. The molecule has 0 aliphatic rings. The van der Waals surface area contributed by atoms with E-state index in [0.29, 0.717) is 11.1 Å². The molecule has 0 aliphatic carbocycles. The minimum atomic E-state index is -0.311. The Bertz CT molecular complexity index is 520. The van der Waals surface area contributed by atoms with Gasteiger partial charge in [-0.25, -0.2) is 8.78 Å². The van der Waals surface area contributed by atoms with Crippen molar-refractivity contribution < 1.29 is 8.78 Å². The predicted octanol–water partition coefficient (Wildman–Crippen LogP) is 3.39. The molecule has 0 radical (unpaired) electrons. The van der Waals surface area contributed by atoms with Gasteiger partial charge < -0.3 is 0 Å². The second kappa shape index (κ2) is 6.78. The van der Waals surface area contributed by atoms with E-state index in [9.17, 15) is 8.78 Å². The van der Waals surface area contributed by atoms with E-state index < -0.39 is 0 Å². The van der Waals surface area contributed by atoms with Crippen LogP contribution in [0.5, 0.6) is 0 Å². The first-order valence-corrected chi connectivity index (χ1v) is 4.97. The predicted molar refractivity (Wildman–Crippen MR) is 62.2 cm³/mol. The minimum Gasteiger partial charge on any atom is -0.207 e. The third-order valence-electron chi connectivity index (χ3n) is 1.95. The smallest absolute Gasteiger partial charge is 0.123 e. The van der Waals surface area contributed by atoms with Gasteiger partial charge in [0.1, 0.15) is 11.6 Å². The molecule has 4 heteroatoms. The Labute approximate surface area is 103 Å². The minimum absolute atomic E-state index is 0.311. The van der Waals surface area contributed by atoms with Crippen molar-refractivity contribution in [1.29, 1.82) is 10.5 Å². The van der Waals surface area contributed by atoms with Crippen LogP contribution < -0.4 is 0 Å². The first-order chi connectivity index (χ1) is 8.65. The van der Waals surface area contributed by atoms with Crippen molar-refractivity contribution in [3.05, 3.63) is 71.3 Å². The summed E-state index contributed by atoms with van der Waals surface area (Å²) in [6, 6.07) is 14.6. The number of hydrogen-bond acceptors (Lipinski definition) is 2. The highest BCUT2D eigenvalue weighted by Gasteiger charge is 1.88. The Morgan fingerprint density at radius 2 is 0.889 bits per heavy atom. The molecule has 18 heavy (non-hydrogen) atoms. The van der Waals surface area contributed by atoms with Crippen molar-refractivity contribution in [2.45, 2.75) is 0 Å². The Kier molecular flexibility index (Phi) is 5.02. The van der Waals surface area contributed by atoms with Crippen LogP contribution in [0.15, 0.2) is 48.5 Å². The topological polar surface area (TPSA) is 47.6 Å². The fourth-order valence-corrected chi connectivity index (χ4v) is 1.05. The Morgan fingerprint density at radius 3 is 1.11 bits per heavy atom. The molecule has 0 spiro atoms. The van der Waals surface area contributed by atoms with Crippen LogP contribution in [0.2, 0.25) is 0 Å². The lowest BCUT2D eigenvalue weighted by atomic mass is 10.2. The third-order valence-corrected chi connectivity index (χ3v) is 1.95. The van der Waals surface area contributed by atoms with Crippen LogP contribution in [0.25, 0.3) is 0 Å². The van der Waals surface area contributed by atoms with E-state index in [1.807, 2.05) is 12.1 Å². The lowest BCUT2D eigenvalue weighted by molar-refractivity contribution is 0.627. The maximum Gasteiger partial charge on any atom is 0.123 e. The van der Waals surface area contributed by atoms with Gasteiger partial charge in [0, 0.05) is 0 Å². The molecule has 0 N–H and O–H groups in total. The Balaban J connectivity index is 0.000000180. The van der Waals surface area contributed by atoms with Crippen LogP contribution in [0.3, 0.4) is 0 Å². The zero-order valence-corrected chi connectivity index (χ0v) is 9.27. The highest BCUT2D eigenvalue weighted by molar-refractivity contribution is 5.28. The zero-order valence-electron chi connectivity index (χ0n) is 9.27. The van der Waals surface area contributed by atoms with Crippen molar-refractivity contribution in [2.24, 2.45) is 0 Å². The molecule has 0 aromatic heterocycles. The molecule has 0 amide bonds. The molecule has 0 saturated heterocycles. The number of rotatable bonds is 0. The van der Waals surface area contributed by atoms with Crippen LogP contribution >= 0.6 is 0 Å². The zero-order chi connectivity index (χ0) is 13.4. The van der Waals surface area contributed by atoms with Gasteiger partial charge in [-0.15, -0.1) is 0 Å². The van der Waals surface area contributed by atoms with E-state index in [-0.39, 0.29) is 11.6 Å². The summed E-state index contributed by atoms with van der Waals surface area (Å²) in [6.45, 7) is 0. The van der Waals surface area contributed by atoms with Gasteiger partial charge in [-0.05, 0) is 48.5 Å². The highest BCUT2D eigenvalue weighted by Crippen LogP contribution is 2.00. The van der Waals surface area contributed by atoms with Crippen LogP contribution in [0, 0.1) is 34.3 Å². The van der Waals surface area contributed by atoms with Crippen molar-refractivity contribution in [2.75, 3.05) is 0 Å². The molecule has 2 nitrogen and oxygen atoms in total. The van der Waals surface area contributed by atoms with Crippen molar-refractivity contribution >= 4 is 0 Å². The SMILES string of the molecule is N#Cc1ccc(F)cc1.N#Cc1ccc(F)cc1.